The summed E-state index contributed by atoms with van der Waals surface area (Å²) in [6.07, 6.45) is 10.4. The molecule has 0 saturated carbocycles. The molecule has 0 radical (unpaired) electrons. The van der Waals surface area contributed by atoms with Gasteiger partial charge in [0.15, 0.2) is 5.69 Å². The van der Waals surface area contributed by atoms with Crippen LogP contribution in [0.3, 0.4) is 0 Å². The Hall–Kier alpha value is -14.1. The van der Waals surface area contributed by atoms with E-state index in [0.717, 1.165) is 73.3 Å². The van der Waals surface area contributed by atoms with Gasteiger partial charge in [0.1, 0.15) is 23.3 Å². The van der Waals surface area contributed by atoms with Crippen molar-refractivity contribution in [2.45, 2.75) is 0 Å². The maximum absolute atomic E-state index is 5.14. The molecule has 112 heavy (non-hydrogen) atoms. The highest BCUT2D eigenvalue weighted by molar-refractivity contribution is 7.27. The number of aromatic nitrogens is 9. The molecule has 12 heteroatoms. The monoisotopic (exact) mass is 1480 g/mol. The van der Waals surface area contributed by atoms with Crippen molar-refractivity contribution in [1.29, 1.82) is 0 Å². The number of benzene rings is 13. The first kappa shape index (κ1) is 63.9. The lowest BCUT2D eigenvalue weighted by Crippen LogP contribution is -2.31. The number of hydrogen-bond donors (Lipinski definition) is 0. The molecule has 25 aromatic rings. The molecule has 0 bridgehead atoms. The second kappa shape index (κ2) is 25.8. The SMILES string of the molecule is c1cc(-c2cnc3ccccc3c2)nc(-n2c3ccccc3c3c4sc5ccccc5c4ccc32)c1.c1ccc(-[n+]2c(-c3ccc(-n4c5ccccc5c5c6sc7ccccc7c6ccc54)cc3)cn3ccccc32)cc1.c1ccc2c(c1)sc1c2ccc2c1c1ccccc1n2-c1ccc(-c2cn3ccccc3n2)cc1. The summed E-state index contributed by atoms with van der Waals surface area (Å²) in [4.78, 5) is 14.6. The molecule has 12 heterocycles. The molecule has 0 spiro atoms. The summed E-state index contributed by atoms with van der Waals surface area (Å²) < 4.78 is 21.7. The van der Waals surface area contributed by atoms with Crippen LogP contribution in [-0.2, 0) is 0 Å². The maximum Gasteiger partial charge on any atom is 0.291 e. The number of nitrogens with zero attached hydrogens (tertiary/aromatic N) is 9. The van der Waals surface area contributed by atoms with Crippen molar-refractivity contribution in [2.75, 3.05) is 0 Å². The molecule has 0 amide bonds. The van der Waals surface area contributed by atoms with Crippen LogP contribution in [0.4, 0.5) is 0 Å². The van der Waals surface area contributed by atoms with Crippen LogP contribution in [0.25, 0.3) is 205 Å². The lowest BCUT2D eigenvalue weighted by molar-refractivity contribution is -0.554. The van der Waals surface area contributed by atoms with E-state index in [9.17, 15) is 0 Å². The summed E-state index contributed by atoms with van der Waals surface area (Å²) in [6, 6.07) is 123. The lowest BCUT2D eigenvalue weighted by Gasteiger charge is -2.09. The minimum atomic E-state index is 0.910. The van der Waals surface area contributed by atoms with Gasteiger partial charge in [-0.05, 0) is 146 Å². The van der Waals surface area contributed by atoms with Gasteiger partial charge in [-0.1, -0.05) is 194 Å². The molecule has 524 valence electrons. The van der Waals surface area contributed by atoms with E-state index in [1.165, 1.54) is 131 Å². The Bertz CT molecular complexity index is 8050. The van der Waals surface area contributed by atoms with Gasteiger partial charge in [-0.15, -0.1) is 34.0 Å². The Morgan fingerprint density at radius 3 is 1.34 bits per heavy atom. The summed E-state index contributed by atoms with van der Waals surface area (Å²) in [7, 11) is 0. The Labute approximate surface area is 652 Å². The smallest absolute Gasteiger partial charge is 0.291 e. The first-order chi connectivity index (χ1) is 55.5. The summed E-state index contributed by atoms with van der Waals surface area (Å²) in [5.74, 6) is 0.910. The topological polar surface area (TPSA) is 66.2 Å². The molecule has 0 saturated heterocycles. The highest BCUT2D eigenvalue weighted by atomic mass is 32.1. The molecule has 0 unspecified atom stereocenters. The fourth-order valence-corrected chi connectivity index (χ4v) is 21.0. The maximum atomic E-state index is 5.14. The molecule has 9 nitrogen and oxygen atoms in total. The van der Waals surface area contributed by atoms with Crippen molar-refractivity contribution in [2.24, 2.45) is 0 Å². The van der Waals surface area contributed by atoms with Gasteiger partial charge in [0.05, 0.1) is 56.2 Å². The molecule has 12 aromatic heterocycles. The molecule has 0 aliphatic rings. The number of hydrogen-bond acceptors (Lipinski definition) is 6. The van der Waals surface area contributed by atoms with Crippen molar-refractivity contribution >= 4 is 182 Å². The van der Waals surface area contributed by atoms with Crippen LogP contribution in [0, 0.1) is 0 Å². The predicted molar refractivity (Wildman–Crippen MR) is 472 cm³/mol. The Morgan fingerprint density at radius 2 is 0.768 bits per heavy atom. The molecule has 0 atom stereocenters. The van der Waals surface area contributed by atoms with E-state index in [2.05, 4.69) is 360 Å². The van der Waals surface area contributed by atoms with E-state index < -0.39 is 0 Å². The average molecular weight is 1490 g/mol. The lowest BCUT2D eigenvalue weighted by atomic mass is 10.1. The van der Waals surface area contributed by atoms with Gasteiger partial charge in [0.25, 0.3) is 5.65 Å². The van der Waals surface area contributed by atoms with Gasteiger partial charge in [-0.3, -0.25) is 9.55 Å². The summed E-state index contributed by atoms with van der Waals surface area (Å²) in [5.41, 5.74) is 20.2. The fourth-order valence-electron chi connectivity index (χ4n) is 17.2. The Kier molecular flexibility index (Phi) is 14.7. The van der Waals surface area contributed by atoms with E-state index in [4.69, 9.17) is 9.97 Å². The summed E-state index contributed by atoms with van der Waals surface area (Å²) in [6.45, 7) is 0. The summed E-state index contributed by atoms with van der Waals surface area (Å²) >= 11 is 5.66. The first-order valence-corrected chi connectivity index (χ1v) is 40.1. The minimum Gasteiger partial charge on any atom is -0.309 e. The van der Waals surface area contributed by atoms with Crippen molar-refractivity contribution in [3.05, 3.63) is 377 Å². The van der Waals surface area contributed by atoms with Crippen molar-refractivity contribution in [3.8, 4) is 56.7 Å². The fraction of sp³-hybridized carbons (Fsp3) is 0. The van der Waals surface area contributed by atoms with Crippen LogP contribution < -0.4 is 4.57 Å². The van der Waals surface area contributed by atoms with Crippen LogP contribution in [0.15, 0.2) is 377 Å². The van der Waals surface area contributed by atoms with Crippen LogP contribution >= 0.6 is 34.0 Å². The molecule has 0 aliphatic heterocycles. The van der Waals surface area contributed by atoms with Gasteiger partial charge in [-0.25, -0.2) is 14.4 Å². The predicted octanol–water partition coefficient (Wildman–Crippen LogP) is 26.6. The van der Waals surface area contributed by atoms with E-state index in [-0.39, 0.29) is 0 Å². The molecular weight excluding hydrogens is 1420 g/mol. The highest BCUT2D eigenvalue weighted by Gasteiger charge is 2.25. The van der Waals surface area contributed by atoms with Gasteiger partial charge in [0, 0.05) is 151 Å². The zero-order chi connectivity index (χ0) is 73.5. The van der Waals surface area contributed by atoms with Crippen LogP contribution in [0.1, 0.15) is 0 Å². The second-order valence-corrected chi connectivity index (χ2v) is 31.7. The average Bonchev–Trinajstić information content (AvgIpc) is 1.57. The van der Waals surface area contributed by atoms with Crippen LogP contribution in [0.5, 0.6) is 0 Å². The highest BCUT2D eigenvalue weighted by Crippen LogP contribution is 2.47. The number of pyridine rings is 4. The zero-order valence-corrected chi connectivity index (χ0v) is 62.5. The largest absolute Gasteiger partial charge is 0.309 e. The number of imidazole rings is 2. The standard InChI is InChI=1S/C37H24N3S.C32H19N3S.C31H19N3S/c1-2-10-26(11-3-1)40-33(24-38-23-9-8-16-35(38)40)25-17-19-27(20-18-25)39-31-14-6-4-13-30(31)36-32(39)22-21-29-28-12-5-7-15-34(28)41-37(29)36;1-4-11-25-20(8-1)18-21(19-33-25)26-12-7-15-30(34-26)35-27-13-5-2-10-24(27)31-28(35)17-16-23-22-9-3-6-14-29(22)36-32(23)31;1-3-9-26-24(8-1)30-27(17-16-23-22-7-2-4-10-28(22)35-31(23)30)34(26)21-14-12-20(13-15-21)25-19-33-18-6-5-11-29(33)32-25/h1-24H;1-19H;1-19H/q+1;;. The van der Waals surface area contributed by atoms with Crippen LogP contribution in [0.2, 0.25) is 0 Å². The number of rotatable bonds is 7. The number of para-hydroxylation sites is 5. The van der Waals surface area contributed by atoms with Crippen molar-refractivity contribution in [3.63, 3.8) is 0 Å². The van der Waals surface area contributed by atoms with Crippen LogP contribution in [-0.4, -0.2) is 37.5 Å². The number of fused-ring (bicyclic) bond motifs is 24. The number of thiophene rings is 3. The quantitative estimate of drug-likeness (QED) is 0.149. The Balaban J connectivity index is 0.000000101. The van der Waals surface area contributed by atoms with Gasteiger partial charge in [-0.2, -0.15) is 4.57 Å². The van der Waals surface area contributed by atoms with Gasteiger partial charge < -0.3 is 13.5 Å². The third kappa shape index (κ3) is 10.2. The van der Waals surface area contributed by atoms with E-state index in [1.54, 1.807) is 0 Å². The second-order valence-electron chi connectivity index (χ2n) is 28.5. The molecule has 13 aromatic carbocycles. The van der Waals surface area contributed by atoms with Crippen molar-refractivity contribution in [1.82, 2.24) is 37.5 Å². The third-order valence-corrected chi connectivity index (χ3v) is 25.8. The summed E-state index contributed by atoms with van der Waals surface area (Å²) in [5, 5.41) is 16.9. The van der Waals surface area contributed by atoms with E-state index in [1.807, 2.05) is 82.8 Å². The van der Waals surface area contributed by atoms with E-state index in [0.29, 0.717) is 0 Å². The molecule has 0 N–H and O–H groups in total. The Morgan fingerprint density at radius 1 is 0.295 bits per heavy atom. The molecule has 0 fully saturated rings. The van der Waals surface area contributed by atoms with E-state index >= 15 is 0 Å². The third-order valence-electron chi connectivity index (χ3n) is 22.2. The zero-order valence-electron chi connectivity index (χ0n) is 60.0. The normalized spacial score (nSPS) is 11.9. The van der Waals surface area contributed by atoms with Crippen molar-refractivity contribution < 1.29 is 4.57 Å². The molecule has 0 aliphatic carbocycles. The molecular formula is C100H62N9S3+. The van der Waals surface area contributed by atoms with Gasteiger partial charge in [0.2, 0.25) is 0 Å². The first-order valence-electron chi connectivity index (χ1n) is 37.6. The van der Waals surface area contributed by atoms with Gasteiger partial charge >= 0.3 is 0 Å². The minimum absolute atomic E-state index is 0.910. The molecule has 25 rings (SSSR count).